The van der Waals surface area contributed by atoms with Gasteiger partial charge in [0.15, 0.2) is 5.96 Å². The number of hydrogen-bond acceptors (Lipinski definition) is 2. The molecule has 2 aliphatic rings. The van der Waals surface area contributed by atoms with Crippen LogP contribution in [0.4, 0.5) is 5.69 Å². The Labute approximate surface area is 131 Å². The lowest BCUT2D eigenvalue weighted by molar-refractivity contribution is -0.115. The van der Waals surface area contributed by atoms with Crippen molar-refractivity contribution in [3.05, 3.63) is 30.3 Å². The third-order valence-electron chi connectivity index (χ3n) is 4.83. The minimum absolute atomic E-state index is 0.0510. The van der Waals surface area contributed by atoms with Crippen molar-refractivity contribution in [3.63, 3.8) is 0 Å². The number of benzene rings is 1. The first kappa shape index (κ1) is 14.9. The van der Waals surface area contributed by atoms with Gasteiger partial charge in [0.05, 0.1) is 6.54 Å². The van der Waals surface area contributed by atoms with Crippen LogP contribution in [-0.2, 0) is 4.79 Å². The highest BCUT2D eigenvalue weighted by molar-refractivity contribution is 5.95. The van der Waals surface area contributed by atoms with Gasteiger partial charge in [-0.1, -0.05) is 24.6 Å². The second-order valence-corrected chi connectivity index (χ2v) is 6.34. The van der Waals surface area contributed by atoms with E-state index in [1.807, 2.05) is 30.3 Å². The molecule has 0 radical (unpaired) electrons. The standard InChI is InChI=1S/C17H24N4O/c1-18-16(21-11-10-17(13-21)8-5-9-17)19-12-15(22)20-14-6-3-2-4-7-14/h2-4,6-7H,5,8-13H2,1H3,(H,18,19)(H,20,22). The second-order valence-electron chi connectivity index (χ2n) is 6.34. The van der Waals surface area contributed by atoms with Crippen LogP contribution in [0, 0.1) is 5.41 Å². The van der Waals surface area contributed by atoms with Crippen molar-refractivity contribution in [2.75, 3.05) is 32.0 Å². The van der Waals surface area contributed by atoms with Crippen LogP contribution < -0.4 is 10.6 Å². The Morgan fingerprint density at radius 1 is 1.27 bits per heavy atom. The Morgan fingerprint density at radius 3 is 2.64 bits per heavy atom. The lowest BCUT2D eigenvalue weighted by Gasteiger charge is -2.38. The van der Waals surface area contributed by atoms with Gasteiger partial charge in [-0.3, -0.25) is 9.79 Å². The molecule has 22 heavy (non-hydrogen) atoms. The van der Waals surface area contributed by atoms with E-state index in [9.17, 15) is 4.79 Å². The van der Waals surface area contributed by atoms with Gasteiger partial charge in [0.25, 0.3) is 0 Å². The Balaban J connectivity index is 1.48. The molecule has 5 nitrogen and oxygen atoms in total. The number of anilines is 1. The first-order valence-corrected chi connectivity index (χ1v) is 8.01. The molecule has 1 saturated heterocycles. The van der Waals surface area contributed by atoms with E-state index in [0.717, 1.165) is 24.7 Å². The molecular weight excluding hydrogens is 276 g/mol. The molecule has 0 atom stereocenters. The van der Waals surface area contributed by atoms with Crippen molar-refractivity contribution >= 4 is 17.6 Å². The highest BCUT2D eigenvalue weighted by Gasteiger charge is 2.43. The van der Waals surface area contributed by atoms with Crippen molar-refractivity contribution in [3.8, 4) is 0 Å². The van der Waals surface area contributed by atoms with Crippen molar-refractivity contribution in [1.82, 2.24) is 10.2 Å². The van der Waals surface area contributed by atoms with Crippen molar-refractivity contribution in [2.24, 2.45) is 10.4 Å². The first-order valence-electron chi connectivity index (χ1n) is 8.01. The van der Waals surface area contributed by atoms with E-state index in [4.69, 9.17) is 0 Å². The van der Waals surface area contributed by atoms with Gasteiger partial charge in [-0.05, 0) is 36.8 Å². The third kappa shape index (κ3) is 3.24. The molecule has 0 aromatic heterocycles. The fourth-order valence-corrected chi connectivity index (χ4v) is 3.42. The molecule has 0 bridgehead atoms. The van der Waals surface area contributed by atoms with E-state index in [1.54, 1.807) is 7.05 Å². The summed E-state index contributed by atoms with van der Waals surface area (Å²) in [6.45, 7) is 2.36. The molecule has 1 saturated carbocycles. The van der Waals surface area contributed by atoms with E-state index in [2.05, 4.69) is 20.5 Å². The van der Waals surface area contributed by atoms with Crippen molar-refractivity contribution in [1.29, 1.82) is 0 Å². The van der Waals surface area contributed by atoms with Crippen LogP contribution in [0.3, 0.4) is 0 Å². The monoisotopic (exact) mass is 300 g/mol. The molecule has 2 fully saturated rings. The van der Waals surface area contributed by atoms with Gasteiger partial charge in [0.2, 0.25) is 5.91 Å². The Bertz CT molecular complexity index is 551. The van der Waals surface area contributed by atoms with Crippen LogP contribution in [0.5, 0.6) is 0 Å². The van der Waals surface area contributed by atoms with Gasteiger partial charge in [-0.25, -0.2) is 0 Å². The lowest BCUT2D eigenvalue weighted by Crippen LogP contribution is -2.44. The molecule has 1 heterocycles. The number of hydrogen-bond donors (Lipinski definition) is 2. The lowest BCUT2D eigenvalue weighted by atomic mass is 9.68. The molecule has 0 unspecified atom stereocenters. The molecule has 1 aliphatic heterocycles. The first-order chi connectivity index (χ1) is 10.7. The zero-order valence-corrected chi connectivity index (χ0v) is 13.1. The Hall–Kier alpha value is -2.04. The molecular formula is C17H24N4O. The van der Waals surface area contributed by atoms with Crippen molar-refractivity contribution in [2.45, 2.75) is 25.7 Å². The summed E-state index contributed by atoms with van der Waals surface area (Å²) in [5, 5.41) is 6.06. The number of nitrogens with one attached hydrogen (secondary N) is 2. The number of likely N-dealkylation sites (tertiary alicyclic amines) is 1. The van der Waals surface area contributed by atoms with E-state index < -0.39 is 0 Å². The summed E-state index contributed by atoms with van der Waals surface area (Å²) in [4.78, 5) is 18.6. The smallest absolute Gasteiger partial charge is 0.243 e. The highest BCUT2D eigenvalue weighted by Crippen LogP contribution is 2.47. The summed E-state index contributed by atoms with van der Waals surface area (Å²) in [6.07, 6.45) is 5.30. The van der Waals surface area contributed by atoms with Gasteiger partial charge < -0.3 is 15.5 Å². The number of carbonyl (C=O) groups is 1. The summed E-state index contributed by atoms with van der Waals surface area (Å²) >= 11 is 0. The minimum atomic E-state index is -0.0510. The summed E-state index contributed by atoms with van der Waals surface area (Å²) in [5.41, 5.74) is 1.35. The Morgan fingerprint density at radius 2 is 2.05 bits per heavy atom. The maximum atomic E-state index is 12.0. The summed E-state index contributed by atoms with van der Waals surface area (Å²) < 4.78 is 0. The average molecular weight is 300 g/mol. The van der Waals surface area contributed by atoms with Crippen LogP contribution >= 0.6 is 0 Å². The van der Waals surface area contributed by atoms with Crippen LogP contribution in [0.2, 0.25) is 0 Å². The van der Waals surface area contributed by atoms with Gasteiger partial charge in [0, 0.05) is 25.8 Å². The zero-order chi connectivity index (χ0) is 15.4. The molecule has 118 valence electrons. The van der Waals surface area contributed by atoms with Crippen LogP contribution in [0.25, 0.3) is 0 Å². The maximum absolute atomic E-state index is 12.0. The van der Waals surface area contributed by atoms with Gasteiger partial charge in [-0.15, -0.1) is 0 Å². The molecule has 1 aromatic rings. The minimum Gasteiger partial charge on any atom is -0.347 e. The number of rotatable bonds is 3. The number of guanidine groups is 1. The van der Waals surface area contributed by atoms with Crippen LogP contribution in [0.1, 0.15) is 25.7 Å². The van der Waals surface area contributed by atoms with E-state index in [1.165, 1.54) is 25.7 Å². The number of aliphatic imine (C=N–C) groups is 1. The highest BCUT2D eigenvalue weighted by atomic mass is 16.1. The maximum Gasteiger partial charge on any atom is 0.243 e. The van der Waals surface area contributed by atoms with E-state index in [0.29, 0.717) is 5.41 Å². The predicted octanol–water partition coefficient (Wildman–Crippen LogP) is 2.08. The number of carbonyl (C=O) groups excluding carboxylic acids is 1. The molecule has 5 heteroatoms. The topological polar surface area (TPSA) is 56.7 Å². The average Bonchev–Trinajstić information content (AvgIpc) is 2.95. The quantitative estimate of drug-likeness (QED) is 0.664. The SMILES string of the molecule is CN=C(NCC(=O)Nc1ccccc1)N1CCC2(CCC2)C1. The molecule has 1 spiro atoms. The van der Waals surface area contributed by atoms with Gasteiger partial charge >= 0.3 is 0 Å². The normalized spacial score (nSPS) is 19.9. The molecule has 3 rings (SSSR count). The van der Waals surface area contributed by atoms with Gasteiger partial charge in [-0.2, -0.15) is 0 Å². The van der Waals surface area contributed by atoms with Crippen LogP contribution in [0.15, 0.2) is 35.3 Å². The number of amides is 1. The molecule has 1 amide bonds. The molecule has 1 aliphatic carbocycles. The summed E-state index contributed by atoms with van der Waals surface area (Å²) in [6, 6.07) is 9.51. The fourth-order valence-electron chi connectivity index (χ4n) is 3.42. The number of para-hydroxylation sites is 1. The molecule has 2 N–H and O–H groups in total. The van der Waals surface area contributed by atoms with Crippen molar-refractivity contribution < 1.29 is 4.79 Å². The van der Waals surface area contributed by atoms with Gasteiger partial charge in [0.1, 0.15) is 0 Å². The Kier molecular flexibility index (Phi) is 4.32. The summed E-state index contributed by atoms with van der Waals surface area (Å²) in [5.74, 6) is 0.789. The van der Waals surface area contributed by atoms with E-state index in [-0.39, 0.29) is 12.5 Å². The van der Waals surface area contributed by atoms with Crippen LogP contribution in [-0.4, -0.2) is 43.4 Å². The molecule has 1 aromatic carbocycles. The summed E-state index contributed by atoms with van der Waals surface area (Å²) in [7, 11) is 1.78. The second kappa shape index (κ2) is 6.38. The fraction of sp³-hybridized carbons (Fsp3) is 0.529. The number of nitrogens with zero attached hydrogens (tertiary/aromatic N) is 2. The van der Waals surface area contributed by atoms with E-state index >= 15 is 0 Å². The predicted molar refractivity (Wildman–Crippen MR) is 88.9 cm³/mol. The largest absolute Gasteiger partial charge is 0.347 e. The third-order valence-corrected chi connectivity index (χ3v) is 4.83. The zero-order valence-electron chi connectivity index (χ0n) is 13.1.